The molecular weight excluding hydrogens is 452 g/mol. The molecule has 4 rings (SSSR count). The van der Waals surface area contributed by atoms with E-state index in [1.165, 1.54) is 0 Å². The molecule has 0 atom stereocenters. The lowest BCUT2D eigenvalue weighted by Crippen LogP contribution is -2.36. The largest absolute Gasteiger partial charge is 0.497 e. The Morgan fingerprint density at radius 1 is 1.00 bits per heavy atom. The first-order valence-corrected chi connectivity index (χ1v) is 12.8. The molecule has 1 amide bonds. The number of piperidine rings is 1. The van der Waals surface area contributed by atoms with Crippen molar-refractivity contribution < 1.29 is 17.9 Å². The monoisotopic (exact) mass is 482 g/mol. The van der Waals surface area contributed by atoms with E-state index in [-0.39, 0.29) is 5.91 Å². The van der Waals surface area contributed by atoms with Crippen LogP contribution in [0.2, 0.25) is 0 Å². The van der Waals surface area contributed by atoms with Crippen LogP contribution in [0.4, 0.5) is 5.69 Å². The summed E-state index contributed by atoms with van der Waals surface area (Å²) in [4.78, 5) is 12.9. The number of anilines is 1. The van der Waals surface area contributed by atoms with Gasteiger partial charge in [-0.25, -0.2) is 8.42 Å². The van der Waals surface area contributed by atoms with E-state index in [0.717, 1.165) is 30.6 Å². The highest BCUT2D eigenvalue weighted by atomic mass is 32.2. The Balaban J connectivity index is 1.47. The van der Waals surface area contributed by atoms with E-state index in [2.05, 4.69) is 10.4 Å². The van der Waals surface area contributed by atoms with Crippen molar-refractivity contribution in [3.8, 4) is 5.75 Å². The fourth-order valence-electron chi connectivity index (χ4n) is 4.25. The molecule has 0 bridgehead atoms. The topological polar surface area (TPSA) is 93.5 Å². The van der Waals surface area contributed by atoms with Gasteiger partial charge in [0.15, 0.2) is 0 Å². The second-order valence-electron chi connectivity index (χ2n) is 8.50. The Kier molecular flexibility index (Phi) is 7.04. The summed E-state index contributed by atoms with van der Waals surface area (Å²) in [5.74, 6) is 0.510. The van der Waals surface area contributed by atoms with Gasteiger partial charge in [-0.05, 0) is 68.7 Å². The third-order valence-electron chi connectivity index (χ3n) is 6.12. The van der Waals surface area contributed by atoms with E-state index >= 15 is 0 Å². The Hall–Kier alpha value is -3.17. The van der Waals surface area contributed by atoms with Crippen LogP contribution < -0.4 is 10.1 Å². The van der Waals surface area contributed by atoms with Gasteiger partial charge in [0.2, 0.25) is 10.0 Å². The summed E-state index contributed by atoms with van der Waals surface area (Å²) in [6, 6.07) is 14.4. The number of carbonyl (C=O) groups is 1. The number of aromatic nitrogens is 2. The van der Waals surface area contributed by atoms with Crippen molar-refractivity contribution in [2.75, 3.05) is 25.5 Å². The van der Waals surface area contributed by atoms with Gasteiger partial charge >= 0.3 is 0 Å². The van der Waals surface area contributed by atoms with Crippen LogP contribution in [0.25, 0.3) is 0 Å². The van der Waals surface area contributed by atoms with Crippen molar-refractivity contribution in [1.29, 1.82) is 0 Å². The number of methoxy groups -OCH3 is 1. The molecule has 0 aliphatic carbocycles. The Bertz CT molecular complexity index is 1260. The third-order valence-corrected chi connectivity index (χ3v) is 8.28. The molecule has 1 aliphatic rings. The molecule has 9 heteroatoms. The molecule has 0 saturated carbocycles. The quantitative estimate of drug-likeness (QED) is 0.550. The summed E-state index contributed by atoms with van der Waals surface area (Å²) in [5, 5.41) is 7.38. The van der Waals surface area contributed by atoms with Gasteiger partial charge in [0, 0.05) is 24.3 Å². The molecule has 1 aliphatic heterocycles. The Morgan fingerprint density at radius 2 is 1.65 bits per heavy atom. The summed E-state index contributed by atoms with van der Waals surface area (Å²) < 4.78 is 34.9. The van der Waals surface area contributed by atoms with Gasteiger partial charge < -0.3 is 10.1 Å². The summed E-state index contributed by atoms with van der Waals surface area (Å²) in [6.45, 7) is 5.09. The van der Waals surface area contributed by atoms with Crippen LogP contribution in [-0.4, -0.2) is 48.6 Å². The molecule has 2 aromatic carbocycles. The van der Waals surface area contributed by atoms with Crippen molar-refractivity contribution in [2.24, 2.45) is 0 Å². The maximum Gasteiger partial charge on any atom is 0.255 e. The average Bonchev–Trinajstić information content (AvgIpc) is 3.13. The average molecular weight is 483 g/mol. The van der Waals surface area contributed by atoms with E-state index in [0.29, 0.717) is 47.2 Å². The van der Waals surface area contributed by atoms with Crippen LogP contribution in [0.1, 0.15) is 46.6 Å². The van der Waals surface area contributed by atoms with Crippen molar-refractivity contribution in [3.63, 3.8) is 0 Å². The van der Waals surface area contributed by atoms with Gasteiger partial charge in [-0.15, -0.1) is 0 Å². The summed E-state index contributed by atoms with van der Waals surface area (Å²) in [6.07, 6.45) is 2.85. The van der Waals surface area contributed by atoms with Gasteiger partial charge in [-0.1, -0.05) is 18.6 Å². The number of sulfonamides is 1. The maximum absolute atomic E-state index is 13.2. The molecule has 1 N–H and O–H groups in total. The molecule has 0 radical (unpaired) electrons. The van der Waals surface area contributed by atoms with Crippen LogP contribution in [-0.2, 0) is 16.6 Å². The predicted molar refractivity (Wildman–Crippen MR) is 131 cm³/mol. The zero-order valence-electron chi connectivity index (χ0n) is 19.7. The van der Waals surface area contributed by atoms with Crippen LogP contribution in [0.3, 0.4) is 0 Å². The summed E-state index contributed by atoms with van der Waals surface area (Å²) in [7, 11) is -1.96. The molecule has 0 unspecified atom stereocenters. The van der Waals surface area contributed by atoms with Gasteiger partial charge in [0.1, 0.15) is 10.6 Å². The molecule has 1 aromatic heterocycles. The van der Waals surface area contributed by atoms with Crippen molar-refractivity contribution in [2.45, 2.75) is 44.6 Å². The van der Waals surface area contributed by atoms with Crippen molar-refractivity contribution in [1.82, 2.24) is 14.1 Å². The number of ether oxygens (including phenoxy) is 1. The highest BCUT2D eigenvalue weighted by Gasteiger charge is 2.31. The van der Waals surface area contributed by atoms with Crippen LogP contribution in [0.15, 0.2) is 53.4 Å². The second kappa shape index (κ2) is 9.99. The first-order chi connectivity index (χ1) is 16.3. The van der Waals surface area contributed by atoms with Crippen LogP contribution >= 0.6 is 0 Å². The number of benzene rings is 2. The molecule has 1 saturated heterocycles. The molecular formula is C25H30N4O4S. The fourth-order valence-corrected chi connectivity index (χ4v) is 6.14. The summed E-state index contributed by atoms with van der Waals surface area (Å²) in [5.41, 5.74) is 3.28. The number of hydrogen-bond acceptors (Lipinski definition) is 5. The summed E-state index contributed by atoms with van der Waals surface area (Å²) >= 11 is 0. The van der Waals surface area contributed by atoms with Gasteiger partial charge in [0.25, 0.3) is 5.91 Å². The number of nitrogens with zero attached hydrogens (tertiary/aromatic N) is 3. The second-order valence-corrected chi connectivity index (χ2v) is 10.4. The smallest absolute Gasteiger partial charge is 0.255 e. The van der Waals surface area contributed by atoms with E-state index in [1.54, 1.807) is 66.3 Å². The first-order valence-electron chi connectivity index (χ1n) is 11.4. The third kappa shape index (κ3) is 5.00. The maximum atomic E-state index is 13.2. The standard InChI is InChI=1S/C25H30N4O4S/c1-18-24(34(31,32)28-15-5-4-6-16-28)19(2)29(27-18)17-20-7-9-21(10-8-20)25(30)26-22-11-13-23(33-3)14-12-22/h7-14H,4-6,15-17H2,1-3H3,(H,26,30). The minimum atomic E-state index is -3.56. The highest BCUT2D eigenvalue weighted by molar-refractivity contribution is 7.89. The molecule has 3 aromatic rings. The minimum Gasteiger partial charge on any atom is -0.497 e. The zero-order chi connectivity index (χ0) is 24.3. The lowest BCUT2D eigenvalue weighted by molar-refractivity contribution is 0.102. The molecule has 1 fully saturated rings. The molecule has 8 nitrogen and oxygen atoms in total. The molecule has 180 valence electrons. The number of nitrogens with one attached hydrogen (secondary N) is 1. The lowest BCUT2D eigenvalue weighted by Gasteiger charge is -2.26. The van der Waals surface area contributed by atoms with Crippen molar-refractivity contribution >= 4 is 21.6 Å². The Morgan fingerprint density at radius 3 is 2.26 bits per heavy atom. The van der Waals surface area contributed by atoms with Crippen LogP contribution in [0.5, 0.6) is 5.75 Å². The first kappa shape index (κ1) is 24.0. The number of rotatable bonds is 7. The number of hydrogen-bond donors (Lipinski definition) is 1. The molecule has 34 heavy (non-hydrogen) atoms. The van der Waals surface area contributed by atoms with E-state index in [9.17, 15) is 13.2 Å². The van der Waals surface area contributed by atoms with Gasteiger partial charge in [0.05, 0.1) is 25.0 Å². The molecule has 0 spiro atoms. The number of aryl methyl sites for hydroxylation is 1. The number of carbonyl (C=O) groups excluding carboxylic acids is 1. The Labute approximate surface area is 200 Å². The normalized spacial score (nSPS) is 14.7. The van der Waals surface area contributed by atoms with E-state index in [4.69, 9.17) is 4.74 Å². The van der Waals surface area contributed by atoms with E-state index < -0.39 is 10.0 Å². The number of amides is 1. The van der Waals surface area contributed by atoms with Crippen molar-refractivity contribution in [3.05, 3.63) is 71.0 Å². The van der Waals surface area contributed by atoms with Gasteiger partial charge in [-0.2, -0.15) is 9.40 Å². The SMILES string of the molecule is COc1ccc(NC(=O)c2ccc(Cn3nc(C)c(S(=O)(=O)N4CCCCC4)c3C)cc2)cc1. The molecule has 2 heterocycles. The van der Waals surface area contributed by atoms with Gasteiger partial charge in [-0.3, -0.25) is 9.48 Å². The lowest BCUT2D eigenvalue weighted by atomic mass is 10.1. The highest BCUT2D eigenvalue weighted by Crippen LogP contribution is 2.26. The zero-order valence-corrected chi connectivity index (χ0v) is 20.6. The fraction of sp³-hybridized carbons (Fsp3) is 0.360. The predicted octanol–water partition coefficient (Wildman–Crippen LogP) is 3.98. The van der Waals surface area contributed by atoms with E-state index in [1.807, 2.05) is 12.1 Å². The minimum absolute atomic E-state index is 0.210. The van der Waals surface area contributed by atoms with Crippen LogP contribution in [0, 0.1) is 13.8 Å².